The van der Waals surface area contributed by atoms with Crippen LogP contribution in [0.5, 0.6) is 0 Å². The van der Waals surface area contributed by atoms with Gasteiger partial charge in [0.1, 0.15) is 5.78 Å². The zero-order valence-corrected chi connectivity index (χ0v) is 16.3. The zero-order valence-electron chi connectivity index (χ0n) is 16.3. The van der Waals surface area contributed by atoms with Crippen LogP contribution in [0.15, 0.2) is 0 Å². The summed E-state index contributed by atoms with van der Waals surface area (Å²) in [6, 6.07) is 0.553. The smallest absolute Gasteiger partial charge is 0.225 e. The fraction of sp³-hybridized carbons (Fsp3) is 0.900. The van der Waals surface area contributed by atoms with Crippen molar-refractivity contribution in [2.75, 3.05) is 19.6 Å². The van der Waals surface area contributed by atoms with Gasteiger partial charge in [0.25, 0.3) is 0 Å². The molecule has 0 aliphatic carbocycles. The third-order valence-electron chi connectivity index (χ3n) is 5.05. The standard InChI is InChI=1S/C20H38N2O2/c1-16(2)19(23)12-10-8-6-5-7-9-11-13-21-20(24)18-14-22(15-18)17(3)4/h16-18H,5-15H2,1-4H3,(H,21,24). The third-order valence-corrected chi connectivity index (χ3v) is 5.05. The molecule has 4 heteroatoms. The van der Waals surface area contributed by atoms with Crippen LogP contribution in [0.1, 0.15) is 79.1 Å². The van der Waals surface area contributed by atoms with E-state index < -0.39 is 0 Å². The molecule has 1 heterocycles. The molecule has 0 saturated carbocycles. The summed E-state index contributed by atoms with van der Waals surface area (Å²) in [6.07, 6.45) is 8.94. The Balaban J connectivity index is 1.84. The lowest BCUT2D eigenvalue weighted by Gasteiger charge is -2.41. The van der Waals surface area contributed by atoms with E-state index >= 15 is 0 Å². The number of carbonyl (C=O) groups is 2. The molecule has 1 aliphatic heterocycles. The maximum absolute atomic E-state index is 11.9. The Morgan fingerprint density at radius 2 is 1.46 bits per heavy atom. The summed E-state index contributed by atoms with van der Waals surface area (Å²) in [5, 5.41) is 3.08. The number of ketones is 1. The first-order chi connectivity index (χ1) is 11.4. The number of nitrogens with zero attached hydrogens (tertiary/aromatic N) is 1. The highest BCUT2D eigenvalue weighted by Crippen LogP contribution is 2.18. The van der Waals surface area contributed by atoms with Gasteiger partial charge in [-0.3, -0.25) is 14.5 Å². The van der Waals surface area contributed by atoms with Crippen molar-refractivity contribution in [2.45, 2.75) is 85.1 Å². The molecule has 1 fully saturated rings. The monoisotopic (exact) mass is 338 g/mol. The molecule has 0 bridgehead atoms. The van der Waals surface area contributed by atoms with Crippen LogP contribution >= 0.6 is 0 Å². The van der Waals surface area contributed by atoms with Crippen molar-refractivity contribution in [2.24, 2.45) is 11.8 Å². The van der Waals surface area contributed by atoms with Gasteiger partial charge in [-0.05, 0) is 26.7 Å². The number of amides is 1. The molecular weight excluding hydrogens is 300 g/mol. The second-order valence-corrected chi connectivity index (χ2v) is 7.88. The lowest BCUT2D eigenvalue weighted by molar-refractivity contribution is -0.131. The zero-order chi connectivity index (χ0) is 17.9. The van der Waals surface area contributed by atoms with Crippen molar-refractivity contribution in [3.63, 3.8) is 0 Å². The number of carbonyl (C=O) groups excluding carboxylic acids is 2. The minimum atomic E-state index is 0.189. The Hall–Kier alpha value is -0.900. The molecule has 140 valence electrons. The summed E-state index contributed by atoms with van der Waals surface area (Å²) in [7, 11) is 0. The van der Waals surface area contributed by atoms with Crippen molar-refractivity contribution < 1.29 is 9.59 Å². The molecule has 0 spiro atoms. The summed E-state index contributed by atoms with van der Waals surface area (Å²) in [6.45, 7) is 11.0. The Morgan fingerprint density at radius 3 is 2.00 bits per heavy atom. The van der Waals surface area contributed by atoms with Crippen LogP contribution in [0.25, 0.3) is 0 Å². The van der Waals surface area contributed by atoms with Gasteiger partial charge in [0.05, 0.1) is 5.92 Å². The lowest BCUT2D eigenvalue weighted by Crippen LogP contribution is -2.55. The van der Waals surface area contributed by atoms with E-state index in [1.54, 1.807) is 0 Å². The minimum absolute atomic E-state index is 0.189. The molecule has 1 amide bonds. The minimum Gasteiger partial charge on any atom is -0.356 e. The fourth-order valence-corrected chi connectivity index (χ4v) is 3.05. The van der Waals surface area contributed by atoms with Crippen LogP contribution in [-0.2, 0) is 9.59 Å². The molecule has 1 aliphatic rings. The lowest BCUT2D eigenvalue weighted by atomic mass is 9.97. The maximum Gasteiger partial charge on any atom is 0.225 e. The molecule has 0 unspecified atom stereocenters. The molecule has 24 heavy (non-hydrogen) atoms. The Labute approximate surface area is 148 Å². The number of rotatable bonds is 13. The van der Waals surface area contributed by atoms with E-state index in [0.29, 0.717) is 11.8 Å². The van der Waals surface area contributed by atoms with Crippen molar-refractivity contribution in [3.8, 4) is 0 Å². The second kappa shape index (κ2) is 11.6. The largest absolute Gasteiger partial charge is 0.356 e. The molecule has 0 aromatic heterocycles. The van der Waals surface area contributed by atoms with Gasteiger partial charge in [0, 0.05) is 38.0 Å². The average Bonchev–Trinajstić information content (AvgIpc) is 2.46. The third kappa shape index (κ3) is 8.27. The summed E-state index contributed by atoms with van der Waals surface area (Å²) in [5.41, 5.74) is 0. The number of hydrogen-bond acceptors (Lipinski definition) is 3. The van der Waals surface area contributed by atoms with Crippen LogP contribution in [0.4, 0.5) is 0 Å². The van der Waals surface area contributed by atoms with Gasteiger partial charge in [-0.1, -0.05) is 46.0 Å². The first kappa shape index (κ1) is 21.1. The Morgan fingerprint density at radius 1 is 0.917 bits per heavy atom. The molecule has 1 rings (SSSR count). The van der Waals surface area contributed by atoms with Crippen LogP contribution < -0.4 is 5.32 Å². The van der Waals surface area contributed by atoms with Gasteiger partial charge < -0.3 is 5.32 Å². The molecule has 0 aromatic carbocycles. The summed E-state index contributed by atoms with van der Waals surface area (Å²) >= 11 is 0. The predicted molar refractivity (Wildman–Crippen MR) is 100.0 cm³/mol. The number of Topliss-reactive ketones (excluding diaryl/α,β-unsaturated/α-hetero) is 1. The fourth-order valence-electron chi connectivity index (χ4n) is 3.05. The number of likely N-dealkylation sites (tertiary alicyclic amines) is 1. The second-order valence-electron chi connectivity index (χ2n) is 7.88. The summed E-state index contributed by atoms with van der Waals surface area (Å²) in [5.74, 6) is 1.03. The Kier molecular flexibility index (Phi) is 10.2. The first-order valence-corrected chi connectivity index (χ1v) is 9.96. The molecule has 1 N–H and O–H groups in total. The summed E-state index contributed by atoms with van der Waals surface area (Å²) in [4.78, 5) is 25.8. The van der Waals surface area contributed by atoms with E-state index in [-0.39, 0.29) is 17.7 Å². The van der Waals surface area contributed by atoms with Crippen molar-refractivity contribution >= 4 is 11.7 Å². The van der Waals surface area contributed by atoms with Crippen molar-refractivity contribution in [1.82, 2.24) is 10.2 Å². The van der Waals surface area contributed by atoms with Gasteiger partial charge in [-0.15, -0.1) is 0 Å². The quantitative estimate of drug-likeness (QED) is 0.520. The normalized spacial score (nSPS) is 15.8. The molecule has 0 aromatic rings. The van der Waals surface area contributed by atoms with E-state index in [9.17, 15) is 9.59 Å². The SMILES string of the molecule is CC(C)C(=O)CCCCCCCCCNC(=O)C1CN(C(C)C)C1. The van der Waals surface area contributed by atoms with Gasteiger partial charge in [0.2, 0.25) is 5.91 Å². The van der Waals surface area contributed by atoms with E-state index in [1.807, 2.05) is 13.8 Å². The molecule has 0 atom stereocenters. The molecule has 1 saturated heterocycles. The predicted octanol–water partition coefficient (Wildman–Crippen LogP) is 3.79. The summed E-state index contributed by atoms with van der Waals surface area (Å²) < 4.78 is 0. The molecule has 0 radical (unpaired) electrons. The van der Waals surface area contributed by atoms with Crippen LogP contribution in [0.2, 0.25) is 0 Å². The number of hydrogen-bond donors (Lipinski definition) is 1. The van der Waals surface area contributed by atoms with E-state index in [2.05, 4.69) is 24.1 Å². The van der Waals surface area contributed by atoms with E-state index in [1.165, 1.54) is 32.1 Å². The highest BCUT2D eigenvalue weighted by Gasteiger charge is 2.33. The van der Waals surface area contributed by atoms with E-state index in [4.69, 9.17) is 0 Å². The van der Waals surface area contributed by atoms with Crippen molar-refractivity contribution in [3.05, 3.63) is 0 Å². The maximum atomic E-state index is 11.9. The number of unbranched alkanes of at least 4 members (excludes halogenated alkanes) is 6. The highest BCUT2D eigenvalue weighted by molar-refractivity contribution is 5.80. The van der Waals surface area contributed by atoms with Crippen LogP contribution in [0.3, 0.4) is 0 Å². The topological polar surface area (TPSA) is 49.4 Å². The van der Waals surface area contributed by atoms with Crippen LogP contribution in [-0.4, -0.2) is 42.3 Å². The van der Waals surface area contributed by atoms with E-state index in [0.717, 1.165) is 38.9 Å². The highest BCUT2D eigenvalue weighted by atomic mass is 16.2. The van der Waals surface area contributed by atoms with Gasteiger partial charge in [0.15, 0.2) is 0 Å². The van der Waals surface area contributed by atoms with Crippen LogP contribution in [0, 0.1) is 11.8 Å². The molecule has 4 nitrogen and oxygen atoms in total. The van der Waals surface area contributed by atoms with Gasteiger partial charge in [-0.25, -0.2) is 0 Å². The Bertz CT molecular complexity index is 374. The number of nitrogens with one attached hydrogen (secondary N) is 1. The first-order valence-electron chi connectivity index (χ1n) is 9.96. The van der Waals surface area contributed by atoms with Crippen molar-refractivity contribution in [1.29, 1.82) is 0 Å². The van der Waals surface area contributed by atoms with Gasteiger partial charge in [-0.2, -0.15) is 0 Å². The average molecular weight is 339 g/mol. The van der Waals surface area contributed by atoms with Gasteiger partial charge >= 0.3 is 0 Å². The molecular formula is C20H38N2O2.